The number of rotatable bonds is 5. The summed E-state index contributed by atoms with van der Waals surface area (Å²) in [4.78, 5) is 22.6. The predicted octanol–water partition coefficient (Wildman–Crippen LogP) is 0.161. The molecule has 1 amide bonds. The van der Waals surface area contributed by atoms with Gasteiger partial charge in [-0.1, -0.05) is 6.92 Å². The molecular weight excluding hydrogens is 226 g/mol. The fraction of sp³-hybridized carbons (Fsp3) is 0.818. The maximum Gasteiger partial charge on any atom is 0.305 e. The minimum atomic E-state index is -0.935. The Morgan fingerprint density at radius 3 is 2.65 bits per heavy atom. The van der Waals surface area contributed by atoms with E-state index in [0.29, 0.717) is 19.6 Å². The number of carboxylic acids is 1. The summed E-state index contributed by atoms with van der Waals surface area (Å²) in [5.74, 6) is -1.24. The highest BCUT2D eigenvalue weighted by molar-refractivity contribution is 5.82. The molecule has 17 heavy (non-hydrogen) atoms. The maximum absolute atomic E-state index is 11.8. The summed E-state index contributed by atoms with van der Waals surface area (Å²) in [7, 11) is 0. The lowest BCUT2D eigenvalue weighted by Crippen LogP contribution is -2.53. The van der Waals surface area contributed by atoms with E-state index < -0.39 is 17.6 Å². The van der Waals surface area contributed by atoms with Crippen LogP contribution in [0.15, 0.2) is 0 Å². The molecule has 0 radical (unpaired) electrons. The maximum atomic E-state index is 11.8. The second-order valence-electron chi connectivity index (χ2n) is 4.41. The molecule has 0 aliphatic carbocycles. The van der Waals surface area contributed by atoms with E-state index in [1.165, 1.54) is 0 Å². The summed E-state index contributed by atoms with van der Waals surface area (Å²) in [5, 5.41) is 11.5. The number of hydrogen-bond acceptors (Lipinski definition) is 4. The normalized spacial score (nSPS) is 23.8. The van der Waals surface area contributed by atoms with Crippen molar-refractivity contribution in [2.75, 3.05) is 19.8 Å². The number of carbonyl (C=O) groups is 2. The molecule has 98 valence electrons. The first-order valence-corrected chi connectivity index (χ1v) is 5.70. The average Bonchev–Trinajstić information content (AvgIpc) is 2.29. The van der Waals surface area contributed by atoms with E-state index >= 15 is 0 Å². The highest BCUT2D eigenvalue weighted by atomic mass is 16.6. The molecule has 1 saturated heterocycles. The Labute approximate surface area is 100 Å². The Kier molecular flexibility index (Phi) is 4.89. The molecule has 6 nitrogen and oxygen atoms in total. The van der Waals surface area contributed by atoms with Crippen LogP contribution in [0.2, 0.25) is 0 Å². The summed E-state index contributed by atoms with van der Waals surface area (Å²) in [5.41, 5.74) is -0.746. The molecule has 1 heterocycles. The number of carbonyl (C=O) groups excluding carboxylic acids is 1. The summed E-state index contributed by atoms with van der Waals surface area (Å²) in [6.45, 7) is 4.65. The highest BCUT2D eigenvalue weighted by Crippen LogP contribution is 2.15. The smallest absolute Gasteiger partial charge is 0.305 e. The van der Waals surface area contributed by atoms with Gasteiger partial charge in [0.15, 0.2) is 6.10 Å². The fourth-order valence-corrected chi connectivity index (χ4v) is 1.61. The van der Waals surface area contributed by atoms with Gasteiger partial charge in [-0.2, -0.15) is 0 Å². The molecule has 0 aromatic heterocycles. The number of amides is 1. The minimum Gasteiger partial charge on any atom is -0.481 e. The van der Waals surface area contributed by atoms with Gasteiger partial charge in [0.2, 0.25) is 0 Å². The van der Waals surface area contributed by atoms with Crippen molar-refractivity contribution in [3.8, 4) is 0 Å². The number of aliphatic carboxylic acids is 1. The average molecular weight is 245 g/mol. The van der Waals surface area contributed by atoms with Crippen molar-refractivity contribution in [1.29, 1.82) is 0 Å². The van der Waals surface area contributed by atoms with Crippen LogP contribution in [0, 0.1) is 0 Å². The standard InChI is InChI=1S/C11H19NO5/c1-3-11(2,6-9(13)14)12-10(15)8-7-16-4-5-17-8/h8H,3-7H2,1-2H3,(H,12,15)(H,13,14)/t8-,11-/m0/s1. The Morgan fingerprint density at radius 2 is 2.18 bits per heavy atom. The number of hydrogen-bond donors (Lipinski definition) is 2. The van der Waals surface area contributed by atoms with Crippen molar-refractivity contribution in [2.24, 2.45) is 0 Å². The van der Waals surface area contributed by atoms with Gasteiger partial charge in [-0.05, 0) is 13.3 Å². The zero-order chi connectivity index (χ0) is 12.9. The lowest BCUT2D eigenvalue weighted by Gasteiger charge is -2.31. The van der Waals surface area contributed by atoms with Crippen LogP contribution < -0.4 is 5.32 Å². The molecule has 2 atom stereocenters. The van der Waals surface area contributed by atoms with Gasteiger partial charge in [0, 0.05) is 5.54 Å². The molecular formula is C11H19NO5. The number of nitrogens with one attached hydrogen (secondary N) is 1. The van der Waals surface area contributed by atoms with E-state index in [9.17, 15) is 9.59 Å². The van der Waals surface area contributed by atoms with Crippen molar-refractivity contribution in [3.63, 3.8) is 0 Å². The largest absolute Gasteiger partial charge is 0.481 e. The van der Waals surface area contributed by atoms with Gasteiger partial charge in [0.1, 0.15) is 0 Å². The van der Waals surface area contributed by atoms with Crippen LogP contribution in [0.25, 0.3) is 0 Å². The van der Waals surface area contributed by atoms with Crippen LogP contribution in [0.1, 0.15) is 26.7 Å². The fourth-order valence-electron chi connectivity index (χ4n) is 1.61. The molecule has 0 saturated carbocycles. The van der Waals surface area contributed by atoms with Crippen LogP contribution >= 0.6 is 0 Å². The monoisotopic (exact) mass is 245 g/mol. The summed E-state index contributed by atoms with van der Waals surface area (Å²) >= 11 is 0. The zero-order valence-electron chi connectivity index (χ0n) is 10.2. The van der Waals surface area contributed by atoms with E-state index in [0.717, 1.165) is 0 Å². The van der Waals surface area contributed by atoms with E-state index in [1.54, 1.807) is 6.92 Å². The molecule has 6 heteroatoms. The first-order chi connectivity index (χ1) is 7.97. The predicted molar refractivity (Wildman–Crippen MR) is 59.7 cm³/mol. The van der Waals surface area contributed by atoms with Gasteiger partial charge in [0.25, 0.3) is 5.91 Å². The third-order valence-corrected chi connectivity index (χ3v) is 2.86. The topological polar surface area (TPSA) is 84.9 Å². The minimum absolute atomic E-state index is 0.108. The number of carboxylic acid groups (broad SMARTS) is 1. The van der Waals surface area contributed by atoms with Crippen molar-refractivity contribution in [1.82, 2.24) is 5.32 Å². The third-order valence-electron chi connectivity index (χ3n) is 2.86. The van der Waals surface area contributed by atoms with Crippen molar-refractivity contribution < 1.29 is 24.2 Å². The molecule has 2 N–H and O–H groups in total. The van der Waals surface area contributed by atoms with Crippen LogP contribution in [0.3, 0.4) is 0 Å². The van der Waals surface area contributed by atoms with E-state index in [-0.39, 0.29) is 18.9 Å². The van der Waals surface area contributed by atoms with E-state index in [4.69, 9.17) is 14.6 Å². The quantitative estimate of drug-likeness (QED) is 0.720. The molecule has 1 fully saturated rings. The van der Waals surface area contributed by atoms with Crippen LogP contribution in [0.4, 0.5) is 0 Å². The summed E-state index contributed by atoms with van der Waals surface area (Å²) < 4.78 is 10.4. The van der Waals surface area contributed by atoms with Crippen LogP contribution in [-0.4, -0.2) is 48.4 Å². The third kappa shape index (κ3) is 4.32. The van der Waals surface area contributed by atoms with Gasteiger partial charge < -0.3 is 19.9 Å². The Balaban J connectivity index is 2.54. The number of ether oxygens (including phenoxy) is 2. The second-order valence-corrected chi connectivity index (χ2v) is 4.41. The van der Waals surface area contributed by atoms with Crippen molar-refractivity contribution in [2.45, 2.75) is 38.3 Å². The molecule has 0 spiro atoms. The van der Waals surface area contributed by atoms with Gasteiger partial charge in [-0.3, -0.25) is 9.59 Å². The second kappa shape index (κ2) is 5.97. The molecule has 0 aromatic carbocycles. The van der Waals surface area contributed by atoms with E-state index in [1.807, 2.05) is 6.92 Å². The molecule has 0 unspecified atom stereocenters. The van der Waals surface area contributed by atoms with Gasteiger partial charge >= 0.3 is 5.97 Å². The first-order valence-electron chi connectivity index (χ1n) is 5.70. The lowest BCUT2D eigenvalue weighted by molar-refractivity contribution is -0.150. The Hall–Kier alpha value is -1.14. The Bertz CT molecular complexity index is 288. The van der Waals surface area contributed by atoms with E-state index in [2.05, 4.69) is 5.32 Å². The molecule has 0 aromatic rings. The molecule has 1 rings (SSSR count). The van der Waals surface area contributed by atoms with Gasteiger partial charge in [-0.15, -0.1) is 0 Å². The lowest BCUT2D eigenvalue weighted by atomic mass is 9.94. The zero-order valence-corrected chi connectivity index (χ0v) is 10.2. The van der Waals surface area contributed by atoms with Gasteiger partial charge in [-0.25, -0.2) is 0 Å². The summed E-state index contributed by atoms with van der Waals surface area (Å²) in [6, 6.07) is 0. The molecule has 0 bridgehead atoms. The first kappa shape index (κ1) is 13.9. The Morgan fingerprint density at radius 1 is 1.47 bits per heavy atom. The highest BCUT2D eigenvalue weighted by Gasteiger charge is 2.31. The SMILES string of the molecule is CC[C@@](C)(CC(=O)O)NC(=O)[C@@H]1COCCO1. The summed E-state index contributed by atoms with van der Waals surface area (Å²) in [6.07, 6.45) is -0.204. The van der Waals surface area contributed by atoms with Crippen LogP contribution in [-0.2, 0) is 19.1 Å². The van der Waals surface area contributed by atoms with Crippen molar-refractivity contribution in [3.05, 3.63) is 0 Å². The van der Waals surface area contributed by atoms with Crippen LogP contribution in [0.5, 0.6) is 0 Å². The van der Waals surface area contributed by atoms with Gasteiger partial charge in [0.05, 0.1) is 26.2 Å². The molecule has 1 aliphatic rings. The van der Waals surface area contributed by atoms with Crippen molar-refractivity contribution >= 4 is 11.9 Å². The molecule has 1 aliphatic heterocycles.